The van der Waals surface area contributed by atoms with Gasteiger partial charge in [-0.25, -0.2) is 9.07 Å². The number of halogens is 7. The Bertz CT molecular complexity index is 2590. The molecule has 0 fully saturated rings. The second-order valence-corrected chi connectivity index (χ2v) is 16.8. The number of para-hydroxylation sites is 1. The summed E-state index contributed by atoms with van der Waals surface area (Å²) < 4.78 is 103. The molecule has 0 N–H and O–H groups in total. The van der Waals surface area contributed by atoms with Crippen LogP contribution in [-0.4, -0.2) is 25.2 Å². The van der Waals surface area contributed by atoms with Crippen molar-refractivity contribution in [1.82, 2.24) is 19.2 Å². The molecule has 0 radical (unpaired) electrons. The highest BCUT2D eigenvalue weighted by Gasteiger charge is 2.45. The molecule has 59 heavy (non-hydrogen) atoms. The Morgan fingerprint density at radius 3 is 2.10 bits per heavy atom. The van der Waals surface area contributed by atoms with Crippen LogP contribution in [-0.2, 0) is 49.2 Å². The third-order valence-electron chi connectivity index (χ3n) is 12.0. The van der Waals surface area contributed by atoms with E-state index in [1.54, 1.807) is 23.2 Å². The number of aromatic nitrogens is 3. The standard InChI is InChI=1S/C47H47F7N4O/c1-9-29-12-11-13-30(10-2)40(29)58-41(35-26-56(45(7,8)43(35)55-58)25-31-15-16-32(46(49,50)51)23-37(31)47(52,53)54)33-17-19-38(48)42-34(33)20-21-57(42)39(59)24-44(5,6)36-18-14-27(3)22-28(36)4/h11-23H,9-10,24-26H2,1-8H3. The summed E-state index contributed by atoms with van der Waals surface area (Å²) in [6, 6.07) is 18.5. The summed E-state index contributed by atoms with van der Waals surface area (Å²) in [5, 5.41) is 5.68. The van der Waals surface area contributed by atoms with Gasteiger partial charge in [0.05, 0.1) is 39.3 Å². The molecular formula is C47H47F7N4O. The quantitative estimate of drug-likeness (QED) is 0.137. The molecule has 7 rings (SSSR count). The fourth-order valence-corrected chi connectivity index (χ4v) is 8.93. The van der Waals surface area contributed by atoms with E-state index in [0.29, 0.717) is 46.8 Å². The number of hydrogen-bond donors (Lipinski definition) is 0. The van der Waals surface area contributed by atoms with Crippen LogP contribution in [0.4, 0.5) is 30.7 Å². The van der Waals surface area contributed by atoms with Gasteiger partial charge in [-0.05, 0) is 104 Å². The summed E-state index contributed by atoms with van der Waals surface area (Å²) in [6.07, 6.45) is -6.99. The van der Waals surface area contributed by atoms with Gasteiger partial charge in [0.1, 0.15) is 5.82 Å². The van der Waals surface area contributed by atoms with Gasteiger partial charge in [0.25, 0.3) is 0 Å². The Balaban J connectivity index is 1.39. The van der Waals surface area contributed by atoms with Gasteiger partial charge in [-0.2, -0.15) is 31.4 Å². The zero-order valence-corrected chi connectivity index (χ0v) is 34.4. The van der Waals surface area contributed by atoms with Gasteiger partial charge in [0.15, 0.2) is 0 Å². The zero-order chi connectivity index (χ0) is 43.0. The molecule has 0 amide bonds. The Hall–Kier alpha value is -5.23. The maximum atomic E-state index is 16.2. The summed E-state index contributed by atoms with van der Waals surface area (Å²) in [4.78, 5) is 16.0. The number of carbonyl (C=O) groups is 1. The van der Waals surface area contributed by atoms with Crippen molar-refractivity contribution in [3.63, 3.8) is 0 Å². The second-order valence-electron chi connectivity index (χ2n) is 16.8. The normalized spacial score (nSPS) is 14.7. The Labute approximate surface area is 339 Å². The Morgan fingerprint density at radius 1 is 0.814 bits per heavy atom. The average Bonchev–Trinajstić information content (AvgIpc) is 3.83. The summed E-state index contributed by atoms with van der Waals surface area (Å²) >= 11 is 0. The predicted octanol–water partition coefficient (Wildman–Crippen LogP) is 12.7. The van der Waals surface area contributed by atoms with Crippen molar-refractivity contribution < 1.29 is 35.5 Å². The van der Waals surface area contributed by atoms with Crippen LogP contribution in [0.25, 0.3) is 27.8 Å². The lowest BCUT2D eigenvalue weighted by atomic mass is 9.78. The molecule has 0 spiro atoms. The number of hydrogen-bond acceptors (Lipinski definition) is 3. The molecule has 6 aromatic rings. The highest BCUT2D eigenvalue weighted by molar-refractivity contribution is 6.01. The number of alkyl halides is 6. The molecule has 1 aliphatic rings. The van der Waals surface area contributed by atoms with E-state index < -0.39 is 40.3 Å². The first-order valence-corrected chi connectivity index (χ1v) is 19.7. The molecule has 0 bridgehead atoms. The molecule has 3 heterocycles. The van der Waals surface area contributed by atoms with Crippen molar-refractivity contribution >= 4 is 16.8 Å². The minimum Gasteiger partial charge on any atom is -0.284 e. The van der Waals surface area contributed by atoms with Crippen LogP contribution < -0.4 is 0 Å². The van der Waals surface area contributed by atoms with Crippen molar-refractivity contribution in [3.8, 4) is 16.9 Å². The lowest BCUT2D eigenvalue weighted by Crippen LogP contribution is -2.36. The van der Waals surface area contributed by atoms with E-state index in [9.17, 15) is 31.1 Å². The van der Waals surface area contributed by atoms with Crippen molar-refractivity contribution in [2.24, 2.45) is 0 Å². The number of fused-ring (bicyclic) bond motifs is 2. The van der Waals surface area contributed by atoms with Gasteiger partial charge in [-0.15, -0.1) is 0 Å². The average molecular weight is 817 g/mol. The van der Waals surface area contributed by atoms with Crippen LogP contribution in [0, 0.1) is 19.7 Å². The van der Waals surface area contributed by atoms with Crippen LogP contribution in [0.5, 0.6) is 0 Å². The van der Waals surface area contributed by atoms with E-state index in [0.717, 1.165) is 39.6 Å². The van der Waals surface area contributed by atoms with Crippen molar-refractivity contribution in [1.29, 1.82) is 0 Å². The van der Waals surface area contributed by atoms with E-state index >= 15 is 4.39 Å². The summed E-state index contributed by atoms with van der Waals surface area (Å²) in [5.41, 5.74) is 3.95. The number of benzene rings is 4. The Morgan fingerprint density at radius 2 is 1.49 bits per heavy atom. The van der Waals surface area contributed by atoms with Gasteiger partial charge in [-0.1, -0.05) is 75.7 Å². The van der Waals surface area contributed by atoms with Gasteiger partial charge < -0.3 is 0 Å². The van der Waals surface area contributed by atoms with Crippen molar-refractivity contribution in [2.75, 3.05) is 0 Å². The highest BCUT2D eigenvalue weighted by Crippen LogP contribution is 2.48. The maximum Gasteiger partial charge on any atom is 0.416 e. The van der Waals surface area contributed by atoms with E-state index in [1.165, 1.54) is 10.6 Å². The van der Waals surface area contributed by atoms with Crippen LogP contribution >= 0.6 is 0 Å². The first-order valence-electron chi connectivity index (χ1n) is 19.7. The molecule has 0 atom stereocenters. The number of aryl methyl sites for hydroxylation is 4. The molecule has 310 valence electrons. The molecule has 0 saturated heterocycles. The molecule has 1 aliphatic heterocycles. The first-order chi connectivity index (χ1) is 27.6. The van der Waals surface area contributed by atoms with E-state index in [1.807, 2.05) is 90.4 Å². The molecule has 0 saturated carbocycles. The molecule has 0 unspecified atom stereocenters. The SMILES string of the molecule is CCc1cccc(CC)c1-n1nc2c(c1-c1ccc(F)c3c1ccn3C(=O)CC(C)(C)c1ccc(C)cc1C)CN(Cc1ccc(C(F)(F)F)cc1C(F)(F)F)C2(C)C. The molecule has 12 heteroatoms. The predicted molar refractivity (Wildman–Crippen MR) is 216 cm³/mol. The lowest BCUT2D eigenvalue weighted by Gasteiger charge is -2.33. The van der Waals surface area contributed by atoms with E-state index in [4.69, 9.17) is 5.10 Å². The van der Waals surface area contributed by atoms with Gasteiger partial charge in [0.2, 0.25) is 5.91 Å². The van der Waals surface area contributed by atoms with Crippen LogP contribution in [0.3, 0.4) is 0 Å². The highest BCUT2D eigenvalue weighted by atomic mass is 19.4. The van der Waals surface area contributed by atoms with Crippen LogP contribution in [0.1, 0.15) is 109 Å². The number of carbonyl (C=O) groups excluding carboxylic acids is 1. The fraction of sp³-hybridized carbons (Fsp3) is 0.362. The Kier molecular flexibility index (Phi) is 10.5. The lowest BCUT2D eigenvalue weighted by molar-refractivity contribution is -0.143. The molecule has 4 aromatic carbocycles. The fourth-order valence-electron chi connectivity index (χ4n) is 8.93. The summed E-state index contributed by atoms with van der Waals surface area (Å²) in [5.74, 6) is -0.894. The second kappa shape index (κ2) is 14.8. The third kappa shape index (κ3) is 7.38. The molecule has 5 nitrogen and oxygen atoms in total. The van der Waals surface area contributed by atoms with Gasteiger partial charge in [0, 0.05) is 42.2 Å². The largest absolute Gasteiger partial charge is 0.416 e. The third-order valence-corrected chi connectivity index (χ3v) is 12.0. The summed E-state index contributed by atoms with van der Waals surface area (Å²) in [6.45, 7) is 15.5. The number of nitrogens with zero attached hydrogens (tertiary/aromatic N) is 4. The number of rotatable bonds is 9. The van der Waals surface area contributed by atoms with Gasteiger partial charge >= 0.3 is 12.4 Å². The maximum absolute atomic E-state index is 16.2. The van der Waals surface area contributed by atoms with Crippen LogP contribution in [0.15, 0.2) is 79.0 Å². The zero-order valence-electron chi connectivity index (χ0n) is 34.4. The monoisotopic (exact) mass is 816 g/mol. The molecule has 2 aromatic heterocycles. The van der Waals surface area contributed by atoms with E-state index in [-0.39, 0.29) is 42.6 Å². The van der Waals surface area contributed by atoms with Crippen molar-refractivity contribution in [3.05, 3.63) is 141 Å². The molecular weight excluding hydrogens is 770 g/mol. The smallest absolute Gasteiger partial charge is 0.284 e. The van der Waals surface area contributed by atoms with Crippen molar-refractivity contribution in [2.45, 2.75) is 111 Å². The minimum absolute atomic E-state index is 0.0916. The first kappa shape index (κ1) is 41.9. The van der Waals surface area contributed by atoms with E-state index in [2.05, 4.69) is 6.07 Å². The summed E-state index contributed by atoms with van der Waals surface area (Å²) in [7, 11) is 0. The minimum atomic E-state index is -5.03. The molecule has 0 aliphatic carbocycles. The van der Waals surface area contributed by atoms with Crippen LogP contribution in [0.2, 0.25) is 0 Å². The van der Waals surface area contributed by atoms with Gasteiger partial charge in [-0.3, -0.25) is 14.3 Å². The topological polar surface area (TPSA) is 43.1 Å².